The first-order valence-corrected chi connectivity index (χ1v) is 11.5. The van der Waals surface area contributed by atoms with Crippen LogP contribution in [-0.2, 0) is 4.74 Å². The molecule has 2 amide bonds. The number of nitrogens with two attached hydrogens (primary N) is 1. The fourth-order valence-corrected chi connectivity index (χ4v) is 4.50. The van der Waals surface area contributed by atoms with E-state index in [1.807, 2.05) is 13.8 Å². The van der Waals surface area contributed by atoms with Crippen LogP contribution in [0.4, 0.5) is 22.4 Å². The van der Waals surface area contributed by atoms with Crippen molar-refractivity contribution in [3.8, 4) is 0 Å². The Morgan fingerprint density at radius 1 is 1.24 bits per heavy atom. The number of nitrogens with one attached hydrogen (secondary N) is 1. The number of halogens is 4. The summed E-state index contributed by atoms with van der Waals surface area (Å²) in [7, 11) is 0. The van der Waals surface area contributed by atoms with Gasteiger partial charge >= 0.3 is 6.03 Å². The summed E-state index contributed by atoms with van der Waals surface area (Å²) in [4.78, 5) is 18.0. The van der Waals surface area contributed by atoms with E-state index in [2.05, 4.69) is 15.4 Å². The molecular weight excluding hydrogens is 456 g/mol. The Morgan fingerprint density at radius 2 is 1.94 bits per heavy atom. The van der Waals surface area contributed by atoms with Crippen LogP contribution in [0.5, 0.6) is 0 Å². The number of ether oxygens (including phenoxy) is 1. The lowest BCUT2D eigenvalue weighted by Gasteiger charge is -2.38. The quantitative estimate of drug-likeness (QED) is 0.582. The topological polar surface area (TPSA) is 97.8 Å². The fourth-order valence-electron chi connectivity index (χ4n) is 4.50. The van der Waals surface area contributed by atoms with E-state index >= 15 is 0 Å². The summed E-state index contributed by atoms with van der Waals surface area (Å²) in [6.07, 6.45) is 3.20. The Bertz CT molecular complexity index is 1020. The van der Waals surface area contributed by atoms with Crippen LogP contribution < -0.4 is 11.1 Å². The maximum Gasteiger partial charge on any atom is 0.318 e. The van der Waals surface area contributed by atoms with E-state index < -0.39 is 43.0 Å². The summed E-state index contributed by atoms with van der Waals surface area (Å²) in [5, 5.41) is 6.56. The predicted molar refractivity (Wildman–Crippen MR) is 116 cm³/mol. The first-order chi connectivity index (χ1) is 15.9. The van der Waals surface area contributed by atoms with E-state index in [0.29, 0.717) is 29.7 Å². The molecular formula is C22H30F4N6O2. The van der Waals surface area contributed by atoms with Crippen molar-refractivity contribution < 1.29 is 27.1 Å². The Kier molecular flexibility index (Phi) is 6.74. The highest BCUT2D eigenvalue weighted by Crippen LogP contribution is 2.40. The molecule has 3 heterocycles. The normalized spacial score (nSPS) is 22.7. The van der Waals surface area contributed by atoms with Crippen LogP contribution in [-0.4, -0.2) is 63.2 Å². The van der Waals surface area contributed by atoms with Crippen molar-refractivity contribution >= 4 is 11.7 Å². The van der Waals surface area contributed by atoms with Crippen molar-refractivity contribution in [2.24, 2.45) is 11.7 Å². The number of rotatable bonds is 7. The zero-order valence-electron chi connectivity index (χ0n) is 19.2. The van der Waals surface area contributed by atoms with Crippen LogP contribution in [0.1, 0.15) is 62.9 Å². The number of aromatic nitrogens is 3. The van der Waals surface area contributed by atoms with Gasteiger partial charge < -0.3 is 20.7 Å². The smallest absolute Gasteiger partial charge is 0.318 e. The molecule has 3 N–H and O–H groups in total. The van der Waals surface area contributed by atoms with Gasteiger partial charge in [0, 0.05) is 18.4 Å². The number of nitrogens with zero attached hydrogens (tertiary/aromatic N) is 4. The van der Waals surface area contributed by atoms with Crippen molar-refractivity contribution in [1.82, 2.24) is 24.8 Å². The number of hydrogen-bond acceptors (Lipinski definition) is 5. The fraction of sp³-hybridized carbons (Fsp3) is 0.682. The summed E-state index contributed by atoms with van der Waals surface area (Å²) in [6, 6.07) is -0.274. The molecule has 34 heavy (non-hydrogen) atoms. The summed E-state index contributed by atoms with van der Waals surface area (Å²) < 4.78 is 62.4. The van der Waals surface area contributed by atoms with Gasteiger partial charge in [-0.2, -0.15) is 5.10 Å². The van der Waals surface area contributed by atoms with Crippen LogP contribution in [0, 0.1) is 5.92 Å². The zero-order valence-corrected chi connectivity index (χ0v) is 19.2. The third-order valence-corrected chi connectivity index (χ3v) is 6.48. The lowest BCUT2D eigenvalue weighted by Crippen LogP contribution is -2.58. The van der Waals surface area contributed by atoms with E-state index in [4.69, 9.17) is 10.5 Å². The van der Waals surface area contributed by atoms with Crippen LogP contribution in [0.3, 0.4) is 0 Å². The van der Waals surface area contributed by atoms with Gasteiger partial charge in [0.2, 0.25) is 5.92 Å². The summed E-state index contributed by atoms with van der Waals surface area (Å²) in [5.74, 6) is -5.84. The third-order valence-electron chi connectivity index (χ3n) is 6.48. The number of urea groups is 1. The zero-order chi connectivity index (χ0) is 24.7. The van der Waals surface area contributed by atoms with Gasteiger partial charge in [0.1, 0.15) is 0 Å². The first-order valence-electron chi connectivity index (χ1n) is 11.5. The highest BCUT2D eigenvalue weighted by molar-refractivity contribution is 5.76. The molecule has 0 spiro atoms. The average molecular weight is 487 g/mol. The second-order valence-corrected chi connectivity index (χ2v) is 9.52. The summed E-state index contributed by atoms with van der Waals surface area (Å²) in [6.45, 7) is 2.17. The molecule has 2 aromatic rings. The average Bonchev–Trinajstić information content (AvgIpc) is 3.19. The summed E-state index contributed by atoms with van der Waals surface area (Å²) in [5.41, 5.74) is 7.79. The van der Waals surface area contributed by atoms with Crippen molar-refractivity contribution in [2.75, 3.05) is 19.7 Å². The van der Waals surface area contributed by atoms with Crippen LogP contribution >= 0.6 is 0 Å². The third kappa shape index (κ3) is 5.43. The Balaban J connectivity index is 1.59. The molecule has 2 aliphatic rings. The van der Waals surface area contributed by atoms with E-state index in [1.54, 1.807) is 12.3 Å². The van der Waals surface area contributed by atoms with Gasteiger partial charge in [-0.3, -0.25) is 0 Å². The van der Waals surface area contributed by atoms with E-state index in [-0.39, 0.29) is 31.5 Å². The lowest BCUT2D eigenvalue weighted by molar-refractivity contribution is -0.0569. The molecule has 1 saturated heterocycles. The molecule has 12 heteroatoms. The minimum Gasteiger partial charge on any atom is -0.376 e. The van der Waals surface area contributed by atoms with Gasteiger partial charge in [-0.15, -0.1) is 0 Å². The molecule has 0 aromatic carbocycles. The van der Waals surface area contributed by atoms with Crippen molar-refractivity contribution in [1.29, 1.82) is 0 Å². The van der Waals surface area contributed by atoms with Crippen LogP contribution in [0.15, 0.2) is 18.5 Å². The molecule has 188 valence electrons. The number of carbonyl (C=O) groups excluding carboxylic acids is 1. The molecule has 2 atom stereocenters. The van der Waals surface area contributed by atoms with Gasteiger partial charge in [-0.25, -0.2) is 31.9 Å². The molecule has 0 radical (unpaired) electrons. The van der Waals surface area contributed by atoms with Crippen LogP contribution in [0.2, 0.25) is 0 Å². The number of alkyl halides is 4. The Morgan fingerprint density at radius 3 is 2.62 bits per heavy atom. The minimum atomic E-state index is -3.08. The maximum atomic E-state index is 14.1. The first kappa shape index (κ1) is 24.6. The molecule has 1 aliphatic heterocycles. The SMILES string of the molecule is CC(C)OCC(c1cnn2cc([C@@H](N)C3CCC(F)(F)CC3)nc2c1)N1CC(F)(F)CNC1=O. The highest BCUT2D eigenvalue weighted by Gasteiger charge is 2.42. The van der Waals surface area contributed by atoms with Gasteiger partial charge in [0.25, 0.3) is 5.92 Å². The maximum absolute atomic E-state index is 14.1. The standard InChI is InChI=1S/C22H30F4N6O2/c1-13(2)34-10-17(31-12-22(25,26)11-28-20(31)33)15-7-18-30-16(9-32(18)29-8-15)19(27)14-3-5-21(23,24)6-4-14/h7-9,13-14,17,19H,3-6,10-12,27H2,1-2H3,(H,28,33)/t17?,19-/m0/s1. The van der Waals surface area contributed by atoms with Crippen molar-refractivity contribution in [3.63, 3.8) is 0 Å². The van der Waals surface area contributed by atoms with Gasteiger partial charge in [-0.1, -0.05) is 0 Å². The molecule has 8 nitrogen and oxygen atoms in total. The number of hydrogen-bond donors (Lipinski definition) is 2. The molecule has 1 aliphatic carbocycles. The highest BCUT2D eigenvalue weighted by atomic mass is 19.3. The van der Waals surface area contributed by atoms with E-state index in [1.165, 1.54) is 10.7 Å². The molecule has 0 bridgehead atoms. The van der Waals surface area contributed by atoms with Crippen molar-refractivity contribution in [2.45, 2.75) is 69.6 Å². The second-order valence-electron chi connectivity index (χ2n) is 9.52. The number of fused-ring (bicyclic) bond motifs is 1. The largest absolute Gasteiger partial charge is 0.376 e. The van der Waals surface area contributed by atoms with E-state index in [0.717, 1.165) is 4.90 Å². The minimum absolute atomic E-state index is 0.00237. The second kappa shape index (κ2) is 9.29. The monoisotopic (exact) mass is 486 g/mol. The lowest BCUT2D eigenvalue weighted by atomic mass is 9.81. The number of amides is 2. The Labute approximate surface area is 194 Å². The Hall–Kier alpha value is -2.47. The summed E-state index contributed by atoms with van der Waals surface area (Å²) >= 11 is 0. The molecule has 2 fully saturated rings. The molecule has 1 unspecified atom stereocenters. The molecule has 1 saturated carbocycles. The number of carbonyl (C=O) groups is 1. The van der Waals surface area contributed by atoms with Crippen LogP contribution in [0.25, 0.3) is 5.65 Å². The molecule has 4 rings (SSSR count). The molecule has 2 aromatic heterocycles. The van der Waals surface area contributed by atoms with E-state index in [9.17, 15) is 22.4 Å². The van der Waals surface area contributed by atoms with Gasteiger partial charge in [0.15, 0.2) is 5.65 Å². The van der Waals surface area contributed by atoms with Gasteiger partial charge in [-0.05, 0) is 38.7 Å². The van der Waals surface area contributed by atoms with Crippen molar-refractivity contribution in [3.05, 3.63) is 29.7 Å². The predicted octanol–water partition coefficient (Wildman–Crippen LogP) is 3.68. The van der Waals surface area contributed by atoms with Gasteiger partial charge in [0.05, 0.1) is 56.0 Å². The number of imidazole rings is 1.